The van der Waals surface area contributed by atoms with Crippen LogP contribution < -0.4 is 5.32 Å². The molecule has 1 unspecified atom stereocenters. The molecule has 0 aromatic rings. The van der Waals surface area contributed by atoms with Crippen LogP contribution in [0.5, 0.6) is 0 Å². The quantitative estimate of drug-likeness (QED) is 0.631. The second-order valence-electron chi connectivity index (χ2n) is 3.28. The van der Waals surface area contributed by atoms with Crippen LogP contribution in [0.1, 0.15) is 33.1 Å². The van der Waals surface area contributed by atoms with Gasteiger partial charge >= 0.3 is 0 Å². The fraction of sp³-hybridized carbons (Fsp3) is 1.00. The standard InChI is InChI=1S/C9H19NO/c1-3-11-8(2)6-7-10-9-4-5-9/h8-10H,3-7H2,1-2H3. The lowest BCUT2D eigenvalue weighted by Crippen LogP contribution is -2.22. The maximum atomic E-state index is 5.40. The lowest BCUT2D eigenvalue weighted by Gasteiger charge is -2.11. The van der Waals surface area contributed by atoms with Crippen molar-refractivity contribution in [2.75, 3.05) is 13.2 Å². The monoisotopic (exact) mass is 157 g/mol. The van der Waals surface area contributed by atoms with E-state index in [4.69, 9.17) is 4.74 Å². The van der Waals surface area contributed by atoms with Gasteiger partial charge in [-0.1, -0.05) is 0 Å². The fourth-order valence-electron chi connectivity index (χ4n) is 1.15. The SMILES string of the molecule is CCOC(C)CCNC1CC1. The van der Waals surface area contributed by atoms with Gasteiger partial charge in [0.25, 0.3) is 0 Å². The normalized spacial score (nSPS) is 20.2. The minimum atomic E-state index is 0.422. The first-order valence-electron chi connectivity index (χ1n) is 4.68. The van der Waals surface area contributed by atoms with Crippen molar-refractivity contribution in [3.63, 3.8) is 0 Å². The van der Waals surface area contributed by atoms with Crippen LogP contribution in [0.25, 0.3) is 0 Å². The van der Waals surface area contributed by atoms with E-state index < -0.39 is 0 Å². The minimum Gasteiger partial charge on any atom is -0.379 e. The van der Waals surface area contributed by atoms with E-state index in [0.717, 1.165) is 25.6 Å². The molecule has 1 N–H and O–H groups in total. The zero-order valence-corrected chi connectivity index (χ0v) is 7.60. The Morgan fingerprint density at radius 2 is 2.27 bits per heavy atom. The highest BCUT2D eigenvalue weighted by Crippen LogP contribution is 2.18. The van der Waals surface area contributed by atoms with Crippen LogP contribution in [-0.4, -0.2) is 25.3 Å². The molecule has 11 heavy (non-hydrogen) atoms. The summed E-state index contributed by atoms with van der Waals surface area (Å²) in [6.07, 6.45) is 4.32. The molecule has 1 atom stereocenters. The lowest BCUT2D eigenvalue weighted by atomic mass is 10.3. The third kappa shape index (κ3) is 4.38. The topological polar surface area (TPSA) is 21.3 Å². The molecule has 1 rings (SSSR count). The molecular weight excluding hydrogens is 138 g/mol. The maximum absolute atomic E-state index is 5.40. The van der Waals surface area contributed by atoms with E-state index >= 15 is 0 Å². The summed E-state index contributed by atoms with van der Waals surface area (Å²) in [6, 6.07) is 0.837. The molecule has 0 amide bonds. The molecule has 0 heterocycles. The molecule has 66 valence electrons. The minimum absolute atomic E-state index is 0.422. The summed E-state index contributed by atoms with van der Waals surface area (Å²) >= 11 is 0. The molecule has 0 saturated heterocycles. The molecule has 1 fully saturated rings. The maximum Gasteiger partial charge on any atom is 0.0558 e. The summed E-state index contributed by atoms with van der Waals surface area (Å²) in [4.78, 5) is 0. The number of rotatable bonds is 6. The van der Waals surface area contributed by atoms with Crippen molar-refractivity contribution in [1.29, 1.82) is 0 Å². The van der Waals surface area contributed by atoms with Crippen molar-refractivity contribution in [2.24, 2.45) is 0 Å². The van der Waals surface area contributed by atoms with Crippen molar-refractivity contribution in [3.8, 4) is 0 Å². The Morgan fingerprint density at radius 1 is 1.55 bits per heavy atom. The fourth-order valence-corrected chi connectivity index (χ4v) is 1.15. The van der Waals surface area contributed by atoms with E-state index in [0.29, 0.717) is 6.10 Å². The Kier molecular flexibility index (Phi) is 3.87. The number of hydrogen-bond donors (Lipinski definition) is 1. The molecule has 0 aromatic carbocycles. The Balaban J connectivity index is 1.84. The molecule has 2 heteroatoms. The zero-order chi connectivity index (χ0) is 8.10. The van der Waals surface area contributed by atoms with Crippen LogP contribution in [0.4, 0.5) is 0 Å². The highest BCUT2D eigenvalue weighted by Gasteiger charge is 2.19. The molecule has 1 saturated carbocycles. The second-order valence-corrected chi connectivity index (χ2v) is 3.28. The Labute approximate surface area is 69.3 Å². The van der Waals surface area contributed by atoms with Crippen molar-refractivity contribution in [2.45, 2.75) is 45.3 Å². The van der Waals surface area contributed by atoms with Gasteiger partial charge in [-0.3, -0.25) is 0 Å². The largest absolute Gasteiger partial charge is 0.379 e. The van der Waals surface area contributed by atoms with E-state index in [1.165, 1.54) is 12.8 Å². The van der Waals surface area contributed by atoms with Gasteiger partial charge in [-0.15, -0.1) is 0 Å². The summed E-state index contributed by atoms with van der Waals surface area (Å²) in [5.41, 5.74) is 0. The van der Waals surface area contributed by atoms with Crippen molar-refractivity contribution >= 4 is 0 Å². The molecule has 0 aromatic heterocycles. The highest BCUT2D eigenvalue weighted by atomic mass is 16.5. The van der Waals surface area contributed by atoms with Crippen molar-refractivity contribution in [1.82, 2.24) is 5.32 Å². The van der Waals surface area contributed by atoms with Gasteiger partial charge in [0, 0.05) is 12.6 Å². The Bertz CT molecular complexity index is 102. The molecule has 0 bridgehead atoms. The van der Waals surface area contributed by atoms with Crippen molar-refractivity contribution < 1.29 is 4.74 Å². The second kappa shape index (κ2) is 4.73. The van der Waals surface area contributed by atoms with Crippen molar-refractivity contribution in [3.05, 3.63) is 0 Å². The summed E-state index contributed by atoms with van der Waals surface area (Å²) in [6.45, 7) is 6.14. The van der Waals surface area contributed by atoms with Crippen LogP contribution >= 0.6 is 0 Å². The summed E-state index contributed by atoms with van der Waals surface area (Å²) in [7, 11) is 0. The number of nitrogens with one attached hydrogen (secondary N) is 1. The van der Waals surface area contributed by atoms with E-state index in [1.807, 2.05) is 6.92 Å². The Hall–Kier alpha value is -0.0800. The summed E-state index contributed by atoms with van der Waals surface area (Å²) in [5, 5.41) is 3.47. The van der Waals surface area contributed by atoms with E-state index in [2.05, 4.69) is 12.2 Å². The Morgan fingerprint density at radius 3 is 2.82 bits per heavy atom. The highest BCUT2D eigenvalue weighted by molar-refractivity contribution is 4.80. The number of hydrogen-bond acceptors (Lipinski definition) is 2. The first kappa shape index (κ1) is 9.01. The van der Waals surface area contributed by atoms with Gasteiger partial charge < -0.3 is 10.1 Å². The van der Waals surface area contributed by atoms with Crippen LogP contribution in [0.3, 0.4) is 0 Å². The van der Waals surface area contributed by atoms with Gasteiger partial charge in [0.1, 0.15) is 0 Å². The summed E-state index contributed by atoms with van der Waals surface area (Å²) < 4.78 is 5.40. The first-order chi connectivity index (χ1) is 5.33. The third-order valence-corrected chi connectivity index (χ3v) is 2.01. The molecule has 2 nitrogen and oxygen atoms in total. The van der Waals surface area contributed by atoms with Gasteiger partial charge in [-0.25, -0.2) is 0 Å². The molecule has 0 aliphatic heterocycles. The molecule has 1 aliphatic carbocycles. The third-order valence-electron chi connectivity index (χ3n) is 2.01. The zero-order valence-electron chi connectivity index (χ0n) is 7.60. The van der Waals surface area contributed by atoms with Gasteiger partial charge in [0.05, 0.1) is 6.10 Å². The van der Waals surface area contributed by atoms with E-state index in [-0.39, 0.29) is 0 Å². The predicted molar refractivity (Wildman–Crippen MR) is 46.7 cm³/mol. The van der Waals surface area contributed by atoms with Gasteiger partial charge in [-0.2, -0.15) is 0 Å². The smallest absolute Gasteiger partial charge is 0.0558 e. The summed E-state index contributed by atoms with van der Waals surface area (Å²) in [5.74, 6) is 0. The number of ether oxygens (including phenoxy) is 1. The van der Waals surface area contributed by atoms with Crippen LogP contribution in [0, 0.1) is 0 Å². The predicted octanol–water partition coefficient (Wildman–Crippen LogP) is 1.55. The molecule has 1 aliphatic rings. The van der Waals surface area contributed by atoms with Crippen LogP contribution in [0.15, 0.2) is 0 Å². The average Bonchev–Trinajstić information content (AvgIpc) is 2.72. The van der Waals surface area contributed by atoms with Gasteiger partial charge in [-0.05, 0) is 39.7 Å². The van der Waals surface area contributed by atoms with E-state index in [9.17, 15) is 0 Å². The molecule has 0 spiro atoms. The molecular formula is C9H19NO. The average molecular weight is 157 g/mol. The molecule has 0 radical (unpaired) electrons. The van der Waals surface area contributed by atoms with Crippen LogP contribution in [0.2, 0.25) is 0 Å². The van der Waals surface area contributed by atoms with Crippen LogP contribution in [-0.2, 0) is 4.74 Å². The first-order valence-corrected chi connectivity index (χ1v) is 4.68. The van der Waals surface area contributed by atoms with Gasteiger partial charge in [0.2, 0.25) is 0 Å². The lowest BCUT2D eigenvalue weighted by molar-refractivity contribution is 0.0704. The van der Waals surface area contributed by atoms with Gasteiger partial charge in [0.15, 0.2) is 0 Å². The van der Waals surface area contributed by atoms with E-state index in [1.54, 1.807) is 0 Å².